The molecule has 0 aromatic heterocycles. The molecule has 0 unspecified atom stereocenters. The Hall–Kier alpha value is -1.64. The number of hydrogen-bond donors (Lipinski definition) is 0. The highest BCUT2D eigenvalue weighted by atomic mass is 16.5. The lowest BCUT2D eigenvalue weighted by molar-refractivity contribution is -0.108. The van der Waals surface area contributed by atoms with E-state index in [9.17, 15) is 4.79 Å². The number of benzene rings is 1. The van der Waals surface area contributed by atoms with Gasteiger partial charge >= 0.3 is 0 Å². The summed E-state index contributed by atoms with van der Waals surface area (Å²) in [4.78, 5) is 13.8. The maximum Gasteiger partial charge on any atom is 0.144 e. The van der Waals surface area contributed by atoms with Crippen LogP contribution in [0.4, 0.5) is 5.69 Å². The summed E-state index contributed by atoms with van der Waals surface area (Å²) in [7, 11) is 0. The van der Waals surface area contributed by atoms with Gasteiger partial charge in [0, 0.05) is 6.42 Å². The number of para-hydroxylation sites is 2. The Kier molecular flexibility index (Phi) is 3.70. The predicted molar refractivity (Wildman–Crippen MR) is 51.8 cm³/mol. The molecule has 0 aliphatic carbocycles. The van der Waals surface area contributed by atoms with Crippen molar-refractivity contribution in [3.63, 3.8) is 0 Å². The van der Waals surface area contributed by atoms with E-state index in [0.29, 0.717) is 24.5 Å². The molecular formula is C10H11NO2. The Morgan fingerprint density at radius 2 is 2.23 bits per heavy atom. The predicted octanol–water partition coefficient (Wildman–Crippen LogP) is 1.99. The lowest BCUT2D eigenvalue weighted by atomic mass is 10.3. The Morgan fingerprint density at radius 3 is 2.92 bits per heavy atom. The maximum absolute atomic E-state index is 10.0. The van der Waals surface area contributed by atoms with Crippen molar-refractivity contribution in [2.75, 3.05) is 6.61 Å². The summed E-state index contributed by atoms with van der Waals surface area (Å²) in [5, 5.41) is 0. The summed E-state index contributed by atoms with van der Waals surface area (Å²) >= 11 is 0. The van der Waals surface area contributed by atoms with E-state index in [0.717, 1.165) is 6.29 Å². The smallest absolute Gasteiger partial charge is 0.144 e. The van der Waals surface area contributed by atoms with Crippen molar-refractivity contribution in [2.24, 2.45) is 4.99 Å². The average Bonchev–Trinajstić information content (AvgIpc) is 2.19. The number of aliphatic imine (C=N–C) groups is 1. The summed E-state index contributed by atoms with van der Waals surface area (Å²) in [6.45, 7) is 3.81. The molecule has 1 aromatic rings. The second kappa shape index (κ2) is 5.09. The Bertz CT molecular complexity index is 297. The Labute approximate surface area is 77.1 Å². The van der Waals surface area contributed by atoms with Crippen LogP contribution in [0.2, 0.25) is 0 Å². The lowest BCUT2D eigenvalue weighted by Gasteiger charge is -2.05. The van der Waals surface area contributed by atoms with Crippen LogP contribution in [0.3, 0.4) is 0 Å². The molecule has 0 bridgehead atoms. The average molecular weight is 177 g/mol. The van der Waals surface area contributed by atoms with Gasteiger partial charge in [0.25, 0.3) is 0 Å². The van der Waals surface area contributed by atoms with Crippen molar-refractivity contribution in [1.82, 2.24) is 0 Å². The molecule has 0 fully saturated rings. The number of carbonyl (C=O) groups excluding carboxylic acids is 1. The van der Waals surface area contributed by atoms with Crippen LogP contribution in [0.15, 0.2) is 29.3 Å². The van der Waals surface area contributed by atoms with Gasteiger partial charge in [-0.1, -0.05) is 12.1 Å². The van der Waals surface area contributed by atoms with Gasteiger partial charge in [0.05, 0.1) is 6.61 Å². The van der Waals surface area contributed by atoms with E-state index in [2.05, 4.69) is 11.7 Å². The topological polar surface area (TPSA) is 38.7 Å². The normalized spacial score (nSPS) is 9.23. The number of aldehydes is 1. The van der Waals surface area contributed by atoms with Crippen LogP contribution in [0, 0.1) is 0 Å². The van der Waals surface area contributed by atoms with E-state index >= 15 is 0 Å². The molecule has 3 heteroatoms. The van der Waals surface area contributed by atoms with Gasteiger partial charge in [0.1, 0.15) is 17.7 Å². The molecule has 0 aliphatic rings. The van der Waals surface area contributed by atoms with Crippen molar-refractivity contribution in [1.29, 1.82) is 0 Å². The molecule has 0 amide bonds. The monoisotopic (exact) mass is 177 g/mol. The van der Waals surface area contributed by atoms with Gasteiger partial charge in [-0.05, 0) is 18.9 Å². The Balaban J connectivity index is 2.63. The number of hydrogen-bond acceptors (Lipinski definition) is 3. The van der Waals surface area contributed by atoms with Crippen molar-refractivity contribution < 1.29 is 9.53 Å². The molecule has 13 heavy (non-hydrogen) atoms. The molecule has 1 rings (SSSR count). The molecule has 3 nitrogen and oxygen atoms in total. The second-order valence-electron chi connectivity index (χ2n) is 2.43. The molecule has 0 aliphatic heterocycles. The van der Waals surface area contributed by atoms with Crippen LogP contribution in [-0.2, 0) is 4.79 Å². The molecule has 68 valence electrons. The van der Waals surface area contributed by atoms with Crippen molar-refractivity contribution in [3.05, 3.63) is 24.3 Å². The summed E-state index contributed by atoms with van der Waals surface area (Å²) in [6.07, 6.45) is 1.22. The van der Waals surface area contributed by atoms with Gasteiger partial charge < -0.3 is 9.53 Å². The molecule has 0 heterocycles. The highest BCUT2D eigenvalue weighted by Gasteiger charge is 1.98. The van der Waals surface area contributed by atoms with E-state index < -0.39 is 0 Å². The van der Waals surface area contributed by atoms with Crippen molar-refractivity contribution in [2.45, 2.75) is 6.42 Å². The van der Waals surface area contributed by atoms with Crippen molar-refractivity contribution in [3.8, 4) is 5.75 Å². The first-order chi connectivity index (χ1) is 6.38. The SMILES string of the molecule is C=Nc1ccccc1OCCC=O. The largest absolute Gasteiger partial charge is 0.491 e. The van der Waals surface area contributed by atoms with E-state index in [1.165, 1.54) is 0 Å². The zero-order valence-corrected chi connectivity index (χ0v) is 7.27. The first-order valence-electron chi connectivity index (χ1n) is 4.00. The van der Waals surface area contributed by atoms with Gasteiger partial charge in [0.2, 0.25) is 0 Å². The second-order valence-corrected chi connectivity index (χ2v) is 2.43. The van der Waals surface area contributed by atoms with E-state index in [1.807, 2.05) is 18.2 Å². The standard InChI is InChI=1S/C10H11NO2/c1-11-9-5-2-3-6-10(9)13-8-4-7-12/h2-3,5-7H,1,4,8H2. The third-order valence-electron chi connectivity index (χ3n) is 1.53. The van der Waals surface area contributed by atoms with E-state index in [-0.39, 0.29) is 0 Å². The summed E-state index contributed by atoms with van der Waals surface area (Å²) < 4.78 is 5.30. The lowest BCUT2D eigenvalue weighted by Crippen LogP contribution is -1.97. The van der Waals surface area contributed by atoms with Crippen LogP contribution < -0.4 is 4.74 Å². The fourth-order valence-corrected chi connectivity index (χ4v) is 0.927. The molecule has 1 aromatic carbocycles. The van der Waals surface area contributed by atoms with Crippen LogP contribution in [-0.4, -0.2) is 19.6 Å². The molecule has 0 atom stereocenters. The van der Waals surface area contributed by atoms with Crippen LogP contribution in [0.5, 0.6) is 5.75 Å². The third-order valence-corrected chi connectivity index (χ3v) is 1.53. The zero-order chi connectivity index (χ0) is 9.52. The molecule has 0 saturated carbocycles. The summed E-state index contributed by atoms with van der Waals surface area (Å²) in [5.41, 5.74) is 0.702. The minimum Gasteiger partial charge on any atom is -0.491 e. The zero-order valence-electron chi connectivity index (χ0n) is 7.27. The first kappa shape index (κ1) is 9.45. The first-order valence-corrected chi connectivity index (χ1v) is 4.00. The van der Waals surface area contributed by atoms with E-state index in [1.54, 1.807) is 6.07 Å². The number of nitrogens with zero attached hydrogens (tertiary/aromatic N) is 1. The number of rotatable bonds is 5. The fraction of sp³-hybridized carbons (Fsp3) is 0.200. The fourth-order valence-electron chi connectivity index (χ4n) is 0.927. The molecule has 0 radical (unpaired) electrons. The third kappa shape index (κ3) is 2.71. The molecule has 0 spiro atoms. The molecular weight excluding hydrogens is 166 g/mol. The summed E-state index contributed by atoms with van der Waals surface area (Å²) in [5.74, 6) is 0.666. The van der Waals surface area contributed by atoms with Crippen LogP contribution >= 0.6 is 0 Å². The quantitative estimate of drug-likeness (QED) is 0.392. The van der Waals surface area contributed by atoms with Gasteiger partial charge in [0.15, 0.2) is 0 Å². The number of ether oxygens (including phenoxy) is 1. The number of carbonyl (C=O) groups is 1. The van der Waals surface area contributed by atoms with E-state index in [4.69, 9.17) is 4.74 Å². The highest BCUT2D eigenvalue weighted by molar-refractivity contribution is 5.56. The maximum atomic E-state index is 10.0. The minimum atomic E-state index is 0.385. The Morgan fingerprint density at radius 1 is 1.46 bits per heavy atom. The van der Waals surface area contributed by atoms with Gasteiger partial charge in [-0.15, -0.1) is 0 Å². The molecule has 0 saturated heterocycles. The van der Waals surface area contributed by atoms with Gasteiger partial charge in [-0.3, -0.25) is 4.99 Å². The molecule has 0 N–H and O–H groups in total. The van der Waals surface area contributed by atoms with Crippen molar-refractivity contribution >= 4 is 18.7 Å². The minimum absolute atomic E-state index is 0.385. The summed E-state index contributed by atoms with van der Waals surface area (Å²) in [6, 6.07) is 7.32. The highest BCUT2D eigenvalue weighted by Crippen LogP contribution is 2.25. The van der Waals surface area contributed by atoms with Crippen LogP contribution in [0.25, 0.3) is 0 Å². The van der Waals surface area contributed by atoms with Gasteiger partial charge in [-0.25, -0.2) is 0 Å². The van der Waals surface area contributed by atoms with Crippen LogP contribution in [0.1, 0.15) is 6.42 Å². The van der Waals surface area contributed by atoms with Gasteiger partial charge in [-0.2, -0.15) is 0 Å².